The van der Waals surface area contributed by atoms with Crippen molar-refractivity contribution >= 4 is 33.6 Å². The van der Waals surface area contributed by atoms with Crippen molar-refractivity contribution in [1.29, 1.82) is 0 Å². The van der Waals surface area contributed by atoms with Crippen molar-refractivity contribution in [3.8, 4) is 5.75 Å². The van der Waals surface area contributed by atoms with Crippen LogP contribution in [0.2, 0.25) is 0 Å². The number of hydrogen-bond acceptors (Lipinski definition) is 4. The fraction of sp³-hybridized carbons (Fsp3) is 0.333. The Balaban J connectivity index is 2.48. The highest BCUT2D eigenvalue weighted by atomic mass is 79.9. The predicted octanol–water partition coefficient (Wildman–Crippen LogP) is 1.41. The summed E-state index contributed by atoms with van der Waals surface area (Å²) < 4.78 is 5.72. The van der Waals surface area contributed by atoms with Crippen molar-refractivity contribution in [1.82, 2.24) is 5.32 Å². The number of carbonyl (C=O) groups excluding carboxylic acids is 1. The van der Waals surface area contributed by atoms with Gasteiger partial charge in [-0.3, -0.25) is 0 Å². The van der Waals surface area contributed by atoms with Crippen LogP contribution in [0, 0.1) is 0 Å². The monoisotopic (exact) mass is 346 g/mol. The first-order valence-electron chi connectivity index (χ1n) is 5.73. The van der Waals surface area contributed by atoms with Crippen molar-refractivity contribution in [2.75, 3.05) is 19.0 Å². The number of aliphatic hydroxyl groups is 1. The summed E-state index contributed by atoms with van der Waals surface area (Å²) in [5.74, 6) is -0.729. The zero-order valence-corrected chi connectivity index (χ0v) is 12.3. The minimum Gasteiger partial charge on any atom is -0.497 e. The van der Waals surface area contributed by atoms with Gasteiger partial charge < -0.3 is 25.6 Å². The Hall–Kier alpha value is -1.80. The van der Waals surface area contributed by atoms with E-state index in [-0.39, 0.29) is 13.0 Å². The maximum Gasteiger partial charge on any atom is 0.332 e. The molecule has 0 aliphatic heterocycles. The van der Waals surface area contributed by atoms with Gasteiger partial charge in [-0.1, -0.05) is 0 Å². The number of aliphatic hydroxyl groups excluding tert-OH is 1. The van der Waals surface area contributed by atoms with Crippen LogP contribution in [-0.2, 0) is 4.79 Å². The van der Waals surface area contributed by atoms with Gasteiger partial charge in [0.25, 0.3) is 0 Å². The quantitative estimate of drug-likeness (QED) is 0.622. The number of hydrogen-bond donors (Lipinski definition) is 4. The van der Waals surface area contributed by atoms with Gasteiger partial charge in [-0.2, -0.15) is 0 Å². The minimum atomic E-state index is -1.49. The highest BCUT2D eigenvalue weighted by Gasteiger charge is 2.13. The van der Waals surface area contributed by atoms with E-state index in [4.69, 9.17) is 14.9 Å². The van der Waals surface area contributed by atoms with Crippen molar-refractivity contribution in [2.45, 2.75) is 12.5 Å². The number of halogens is 1. The van der Waals surface area contributed by atoms with E-state index in [1.54, 1.807) is 18.2 Å². The number of aliphatic carboxylic acids is 1. The van der Waals surface area contributed by atoms with Crippen LogP contribution < -0.4 is 15.4 Å². The molecule has 1 atom stereocenters. The van der Waals surface area contributed by atoms with E-state index < -0.39 is 18.1 Å². The number of urea groups is 1. The van der Waals surface area contributed by atoms with Gasteiger partial charge in [0.1, 0.15) is 5.75 Å². The number of carboxylic acids is 1. The van der Waals surface area contributed by atoms with Crippen LogP contribution >= 0.6 is 15.9 Å². The molecular formula is C12H15BrN2O5. The Morgan fingerprint density at radius 1 is 1.45 bits per heavy atom. The summed E-state index contributed by atoms with van der Waals surface area (Å²) in [5, 5.41) is 22.6. The van der Waals surface area contributed by atoms with E-state index in [1.165, 1.54) is 7.11 Å². The molecule has 0 spiro atoms. The summed E-state index contributed by atoms with van der Waals surface area (Å²) in [7, 11) is 1.51. The summed E-state index contributed by atoms with van der Waals surface area (Å²) in [6.07, 6.45) is -1.55. The van der Waals surface area contributed by atoms with Gasteiger partial charge in [-0.05, 0) is 28.1 Å². The first-order valence-corrected chi connectivity index (χ1v) is 6.52. The number of nitrogens with one attached hydrogen (secondary N) is 2. The molecule has 0 saturated heterocycles. The molecule has 110 valence electrons. The molecule has 0 heterocycles. The van der Waals surface area contributed by atoms with Gasteiger partial charge in [0.2, 0.25) is 0 Å². The van der Waals surface area contributed by atoms with E-state index >= 15 is 0 Å². The maximum absolute atomic E-state index is 11.6. The first kappa shape index (κ1) is 16.3. The number of anilines is 1. The van der Waals surface area contributed by atoms with Gasteiger partial charge in [-0.25, -0.2) is 9.59 Å². The summed E-state index contributed by atoms with van der Waals surface area (Å²) in [6, 6.07) is 4.59. The first-order chi connectivity index (χ1) is 9.43. The Kier molecular flexibility index (Phi) is 6.26. The predicted molar refractivity (Wildman–Crippen MR) is 76.0 cm³/mol. The molecule has 2 amide bonds. The molecule has 8 heteroatoms. The molecule has 1 aromatic rings. The number of methoxy groups -OCH3 is 1. The van der Waals surface area contributed by atoms with E-state index in [9.17, 15) is 9.59 Å². The topological polar surface area (TPSA) is 108 Å². The summed E-state index contributed by atoms with van der Waals surface area (Å²) in [6.45, 7) is 0.0425. The fourth-order valence-corrected chi connectivity index (χ4v) is 1.69. The second kappa shape index (κ2) is 7.71. The van der Waals surface area contributed by atoms with Crippen molar-refractivity contribution < 1.29 is 24.5 Å². The SMILES string of the molecule is COc1ccc(Br)c(NC(=O)NCCC(O)C(=O)O)c1. The molecule has 1 aromatic carbocycles. The largest absolute Gasteiger partial charge is 0.497 e. The Morgan fingerprint density at radius 3 is 2.75 bits per heavy atom. The van der Waals surface area contributed by atoms with Gasteiger partial charge in [0, 0.05) is 23.5 Å². The molecule has 0 radical (unpaired) electrons. The molecule has 1 unspecified atom stereocenters. The Morgan fingerprint density at radius 2 is 2.15 bits per heavy atom. The fourth-order valence-electron chi connectivity index (χ4n) is 1.34. The maximum atomic E-state index is 11.6. The Bertz CT molecular complexity index is 495. The summed E-state index contributed by atoms with van der Waals surface area (Å²) in [4.78, 5) is 22.0. The third-order valence-electron chi connectivity index (χ3n) is 2.41. The molecule has 0 fully saturated rings. The molecule has 7 nitrogen and oxygen atoms in total. The third-order valence-corrected chi connectivity index (χ3v) is 3.10. The molecule has 0 aromatic heterocycles. The van der Waals surface area contributed by atoms with Crippen LogP contribution in [0.4, 0.5) is 10.5 Å². The number of rotatable bonds is 6. The molecule has 4 N–H and O–H groups in total. The van der Waals surface area contributed by atoms with E-state index in [2.05, 4.69) is 26.6 Å². The van der Waals surface area contributed by atoms with Crippen LogP contribution in [0.3, 0.4) is 0 Å². The van der Waals surface area contributed by atoms with E-state index in [1.807, 2.05) is 0 Å². The molecule has 0 bridgehead atoms. The highest BCUT2D eigenvalue weighted by Crippen LogP contribution is 2.26. The highest BCUT2D eigenvalue weighted by molar-refractivity contribution is 9.10. The summed E-state index contributed by atoms with van der Waals surface area (Å²) >= 11 is 3.28. The van der Waals surface area contributed by atoms with Gasteiger partial charge in [0.05, 0.1) is 12.8 Å². The number of benzene rings is 1. The zero-order valence-electron chi connectivity index (χ0n) is 10.7. The number of amides is 2. The second-order valence-corrected chi connectivity index (χ2v) is 4.72. The molecule has 20 heavy (non-hydrogen) atoms. The van der Waals surface area contributed by atoms with E-state index in [0.717, 1.165) is 0 Å². The van der Waals surface area contributed by atoms with Gasteiger partial charge in [0.15, 0.2) is 6.10 Å². The standard InChI is InChI=1S/C12H15BrN2O5/c1-20-7-2-3-8(13)9(6-7)15-12(19)14-5-4-10(16)11(17)18/h2-3,6,10,16H,4-5H2,1H3,(H,17,18)(H2,14,15,19). The van der Waals surface area contributed by atoms with Crippen molar-refractivity contribution in [3.63, 3.8) is 0 Å². The van der Waals surface area contributed by atoms with Gasteiger partial charge >= 0.3 is 12.0 Å². The van der Waals surface area contributed by atoms with Crippen LogP contribution in [0.5, 0.6) is 5.75 Å². The van der Waals surface area contributed by atoms with Crippen LogP contribution in [0.15, 0.2) is 22.7 Å². The zero-order chi connectivity index (χ0) is 15.1. The van der Waals surface area contributed by atoms with Crippen LogP contribution in [0.25, 0.3) is 0 Å². The smallest absolute Gasteiger partial charge is 0.332 e. The molecule has 0 aliphatic carbocycles. The second-order valence-electron chi connectivity index (χ2n) is 3.87. The lowest BCUT2D eigenvalue weighted by Crippen LogP contribution is -2.33. The lowest BCUT2D eigenvalue weighted by molar-refractivity contribution is -0.146. The molecule has 1 rings (SSSR count). The van der Waals surface area contributed by atoms with E-state index in [0.29, 0.717) is 15.9 Å². The van der Waals surface area contributed by atoms with Gasteiger partial charge in [-0.15, -0.1) is 0 Å². The van der Waals surface area contributed by atoms with Crippen LogP contribution in [-0.4, -0.2) is 42.0 Å². The summed E-state index contributed by atoms with van der Waals surface area (Å²) in [5.41, 5.74) is 0.514. The normalized spacial score (nSPS) is 11.6. The minimum absolute atomic E-state index is 0.0425. The third kappa shape index (κ3) is 5.06. The lowest BCUT2D eigenvalue weighted by atomic mass is 10.2. The molecular weight excluding hydrogens is 332 g/mol. The number of ether oxygens (including phenoxy) is 1. The lowest BCUT2D eigenvalue weighted by Gasteiger charge is -2.11. The molecule has 0 saturated carbocycles. The average molecular weight is 347 g/mol. The average Bonchev–Trinajstić information content (AvgIpc) is 2.41. The molecule has 0 aliphatic rings. The van der Waals surface area contributed by atoms with Crippen molar-refractivity contribution in [3.05, 3.63) is 22.7 Å². The number of carboxylic acid groups (broad SMARTS) is 1. The number of carbonyl (C=O) groups is 2. The Labute approximate surface area is 124 Å². The van der Waals surface area contributed by atoms with Crippen LogP contribution in [0.1, 0.15) is 6.42 Å². The van der Waals surface area contributed by atoms with Crippen molar-refractivity contribution in [2.24, 2.45) is 0 Å².